The first-order valence-corrected chi connectivity index (χ1v) is 8.24. The van der Waals surface area contributed by atoms with Crippen molar-refractivity contribution in [1.29, 1.82) is 0 Å². The minimum absolute atomic E-state index is 0.468. The zero-order valence-corrected chi connectivity index (χ0v) is 13.0. The van der Waals surface area contributed by atoms with Gasteiger partial charge in [0.05, 0.1) is 0 Å². The van der Waals surface area contributed by atoms with Gasteiger partial charge in [0.25, 0.3) is 0 Å². The molecule has 0 heterocycles. The zero-order chi connectivity index (χ0) is 13.2. The van der Waals surface area contributed by atoms with E-state index < -0.39 is 0 Å². The van der Waals surface area contributed by atoms with Crippen LogP contribution in [0.1, 0.15) is 79.1 Å². The molecule has 1 heteroatoms. The van der Waals surface area contributed by atoms with Gasteiger partial charge >= 0.3 is 0 Å². The monoisotopic (exact) mass is 251 g/mol. The van der Waals surface area contributed by atoms with Gasteiger partial charge in [0, 0.05) is 12.1 Å². The summed E-state index contributed by atoms with van der Waals surface area (Å²) >= 11 is 0. The first-order chi connectivity index (χ1) is 8.48. The molecule has 1 nitrogen and oxygen atoms in total. The van der Waals surface area contributed by atoms with Gasteiger partial charge in [0.15, 0.2) is 0 Å². The van der Waals surface area contributed by atoms with E-state index >= 15 is 0 Å². The minimum Gasteiger partial charge on any atom is -0.311 e. The first kappa shape index (κ1) is 14.4. The molecule has 0 radical (unpaired) electrons. The van der Waals surface area contributed by atoms with Crippen LogP contribution in [0.2, 0.25) is 0 Å². The largest absolute Gasteiger partial charge is 0.311 e. The third-order valence-corrected chi connectivity index (χ3v) is 5.42. The molecule has 2 fully saturated rings. The lowest BCUT2D eigenvalue weighted by Gasteiger charge is -2.44. The van der Waals surface area contributed by atoms with Gasteiger partial charge in [-0.1, -0.05) is 53.4 Å². The summed E-state index contributed by atoms with van der Waals surface area (Å²) in [6.07, 6.45) is 11.5. The quantitative estimate of drug-likeness (QED) is 0.746. The molecule has 18 heavy (non-hydrogen) atoms. The van der Waals surface area contributed by atoms with Crippen molar-refractivity contribution in [3.8, 4) is 0 Å². The molecule has 0 spiro atoms. The molecule has 0 aromatic carbocycles. The van der Waals surface area contributed by atoms with Crippen molar-refractivity contribution in [3.05, 3.63) is 0 Å². The van der Waals surface area contributed by atoms with E-state index in [4.69, 9.17) is 0 Å². The number of rotatable bonds is 2. The Morgan fingerprint density at radius 2 is 1.33 bits per heavy atom. The second-order valence-electron chi connectivity index (χ2n) is 7.90. The topological polar surface area (TPSA) is 12.0 Å². The average molecular weight is 251 g/mol. The van der Waals surface area contributed by atoms with Crippen molar-refractivity contribution >= 4 is 0 Å². The summed E-state index contributed by atoms with van der Waals surface area (Å²) in [7, 11) is 0. The molecular formula is C17H33N. The summed E-state index contributed by atoms with van der Waals surface area (Å²) in [5.74, 6) is 1.77. The van der Waals surface area contributed by atoms with Crippen LogP contribution in [0.5, 0.6) is 0 Å². The van der Waals surface area contributed by atoms with E-state index in [1.165, 1.54) is 51.4 Å². The Balaban J connectivity index is 1.96. The molecule has 2 aliphatic carbocycles. The zero-order valence-electron chi connectivity index (χ0n) is 13.0. The van der Waals surface area contributed by atoms with Gasteiger partial charge < -0.3 is 5.32 Å². The summed E-state index contributed by atoms with van der Waals surface area (Å²) in [6, 6.07) is 1.58. The smallest absolute Gasteiger partial charge is 0.0103 e. The van der Waals surface area contributed by atoms with E-state index in [1.807, 2.05) is 0 Å². The van der Waals surface area contributed by atoms with Crippen LogP contribution in [0.3, 0.4) is 0 Å². The number of hydrogen-bond donors (Lipinski definition) is 1. The van der Waals surface area contributed by atoms with Crippen LogP contribution >= 0.6 is 0 Å². The Kier molecular flexibility index (Phi) is 4.75. The highest BCUT2D eigenvalue weighted by Gasteiger charge is 2.36. The van der Waals surface area contributed by atoms with E-state index in [-0.39, 0.29) is 0 Å². The molecule has 2 saturated carbocycles. The lowest BCUT2D eigenvalue weighted by Crippen LogP contribution is -2.50. The summed E-state index contributed by atoms with van der Waals surface area (Å²) in [5.41, 5.74) is 0.468. The molecular weight excluding hydrogens is 218 g/mol. The number of nitrogens with one attached hydrogen (secondary N) is 1. The maximum atomic E-state index is 4.06. The molecule has 0 saturated heterocycles. The van der Waals surface area contributed by atoms with Crippen LogP contribution in [0.15, 0.2) is 0 Å². The van der Waals surface area contributed by atoms with Crippen LogP contribution < -0.4 is 5.32 Å². The van der Waals surface area contributed by atoms with Crippen LogP contribution in [0, 0.1) is 17.3 Å². The van der Waals surface area contributed by atoms with Crippen LogP contribution in [0.25, 0.3) is 0 Å². The predicted octanol–water partition coefficient (Wildman–Crippen LogP) is 4.76. The number of hydrogen-bond acceptors (Lipinski definition) is 1. The molecule has 2 rings (SSSR count). The molecule has 0 aromatic rings. The summed E-state index contributed by atoms with van der Waals surface area (Å²) in [6.45, 7) is 9.75. The van der Waals surface area contributed by atoms with Crippen LogP contribution in [-0.4, -0.2) is 12.1 Å². The molecule has 0 amide bonds. The summed E-state index contributed by atoms with van der Waals surface area (Å²) < 4.78 is 0. The molecule has 106 valence electrons. The van der Waals surface area contributed by atoms with Crippen LogP contribution in [-0.2, 0) is 0 Å². The lowest BCUT2D eigenvalue weighted by atomic mass is 9.69. The van der Waals surface area contributed by atoms with Gasteiger partial charge in [0.1, 0.15) is 0 Å². The van der Waals surface area contributed by atoms with Crippen molar-refractivity contribution in [2.24, 2.45) is 17.3 Å². The Bertz CT molecular complexity index is 253. The van der Waals surface area contributed by atoms with E-state index in [1.54, 1.807) is 0 Å². The molecule has 1 N–H and O–H groups in total. The maximum Gasteiger partial charge on any atom is 0.0103 e. The summed E-state index contributed by atoms with van der Waals surface area (Å²) in [4.78, 5) is 0. The second kappa shape index (κ2) is 5.94. The lowest BCUT2D eigenvalue weighted by molar-refractivity contribution is 0.108. The fourth-order valence-electron chi connectivity index (χ4n) is 4.21. The summed E-state index contributed by atoms with van der Waals surface area (Å²) in [5, 5.41) is 4.06. The third kappa shape index (κ3) is 3.50. The maximum absolute atomic E-state index is 4.06. The highest BCUT2D eigenvalue weighted by molar-refractivity contribution is 4.91. The molecule has 0 bridgehead atoms. The standard InChI is InChI=1S/C17H33N/c1-13-9-5-7-11-15(13)18-16-12-8-6-10-14(16)17(2,3)4/h13-16,18H,5-12H2,1-4H3. The van der Waals surface area contributed by atoms with Crippen molar-refractivity contribution < 1.29 is 0 Å². The van der Waals surface area contributed by atoms with E-state index in [0.29, 0.717) is 5.41 Å². The van der Waals surface area contributed by atoms with Crippen molar-refractivity contribution in [2.45, 2.75) is 91.1 Å². The van der Waals surface area contributed by atoms with E-state index in [2.05, 4.69) is 33.0 Å². The fraction of sp³-hybridized carbons (Fsp3) is 1.00. The molecule has 4 atom stereocenters. The minimum atomic E-state index is 0.468. The van der Waals surface area contributed by atoms with E-state index in [0.717, 1.165) is 23.9 Å². The predicted molar refractivity (Wildman–Crippen MR) is 79.8 cm³/mol. The van der Waals surface area contributed by atoms with Gasteiger partial charge in [-0.05, 0) is 42.9 Å². The Labute approximate surface area is 114 Å². The third-order valence-electron chi connectivity index (χ3n) is 5.42. The Morgan fingerprint density at radius 1 is 0.778 bits per heavy atom. The highest BCUT2D eigenvalue weighted by atomic mass is 15.0. The van der Waals surface area contributed by atoms with Crippen molar-refractivity contribution in [1.82, 2.24) is 5.32 Å². The van der Waals surface area contributed by atoms with Gasteiger partial charge in [-0.25, -0.2) is 0 Å². The van der Waals surface area contributed by atoms with E-state index in [9.17, 15) is 0 Å². The molecule has 0 aliphatic heterocycles. The second-order valence-corrected chi connectivity index (χ2v) is 7.90. The first-order valence-electron chi connectivity index (χ1n) is 8.24. The fourth-order valence-corrected chi connectivity index (χ4v) is 4.21. The van der Waals surface area contributed by atoms with Gasteiger partial charge in [-0.2, -0.15) is 0 Å². The highest BCUT2D eigenvalue weighted by Crippen LogP contribution is 2.39. The van der Waals surface area contributed by atoms with Crippen molar-refractivity contribution in [3.63, 3.8) is 0 Å². The normalized spacial score (nSPS) is 38.7. The SMILES string of the molecule is CC1CCCCC1NC1CCCCC1C(C)(C)C. The average Bonchev–Trinajstić information content (AvgIpc) is 2.31. The molecule has 4 unspecified atom stereocenters. The van der Waals surface area contributed by atoms with Gasteiger partial charge in [-0.15, -0.1) is 0 Å². The molecule has 0 aromatic heterocycles. The van der Waals surface area contributed by atoms with Crippen LogP contribution in [0.4, 0.5) is 0 Å². The van der Waals surface area contributed by atoms with Crippen molar-refractivity contribution in [2.75, 3.05) is 0 Å². The molecule has 2 aliphatic rings. The Hall–Kier alpha value is -0.0400. The Morgan fingerprint density at radius 3 is 1.94 bits per heavy atom. The van der Waals surface area contributed by atoms with Gasteiger partial charge in [0.2, 0.25) is 0 Å². The van der Waals surface area contributed by atoms with Gasteiger partial charge in [-0.3, -0.25) is 0 Å².